The van der Waals surface area contributed by atoms with Crippen LogP contribution in [0.2, 0.25) is 0 Å². The number of hydrogen-bond acceptors (Lipinski definition) is 4. The van der Waals surface area contributed by atoms with Crippen molar-refractivity contribution in [2.45, 2.75) is 6.92 Å². The molecule has 1 aromatic rings. The second-order valence-electron chi connectivity index (χ2n) is 3.59. The molecular formula is C10H14N4O5. The van der Waals surface area contributed by atoms with Crippen molar-refractivity contribution in [1.82, 2.24) is 10.3 Å². The normalized spacial score (nSPS) is 9.74. The van der Waals surface area contributed by atoms with Crippen LogP contribution >= 0.6 is 0 Å². The van der Waals surface area contributed by atoms with Gasteiger partial charge < -0.3 is 31.2 Å². The molecule has 0 aliphatic rings. The highest BCUT2D eigenvalue weighted by Crippen LogP contribution is 2.16. The molecule has 0 bridgehead atoms. The van der Waals surface area contributed by atoms with Crippen molar-refractivity contribution in [2.24, 2.45) is 5.73 Å². The smallest absolute Gasteiger partial charge is 0.404 e. The Bertz CT molecular complexity index is 496. The molecule has 0 aliphatic heterocycles. The molecule has 0 atom stereocenters. The van der Waals surface area contributed by atoms with Gasteiger partial charge in [-0.3, -0.25) is 0 Å². The Labute approximate surface area is 108 Å². The molecule has 0 aromatic carbocycles. The third-order valence-corrected chi connectivity index (χ3v) is 2.05. The fraction of sp³-hybridized carbons (Fsp3) is 0.300. The first-order valence-corrected chi connectivity index (χ1v) is 5.30. The van der Waals surface area contributed by atoms with Gasteiger partial charge in [-0.25, -0.2) is 14.4 Å². The maximum atomic E-state index is 11.4. The van der Waals surface area contributed by atoms with E-state index in [9.17, 15) is 14.4 Å². The summed E-state index contributed by atoms with van der Waals surface area (Å²) in [7, 11) is 0. The van der Waals surface area contributed by atoms with Crippen LogP contribution in [0.3, 0.4) is 0 Å². The zero-order valence-corrected chi connectivity index (χ0v) is 10.1. The van der Waals surface area contributed by atoms with Crippen LogP contribution in [0.1, 0.15) is 16.2 Å². The van der Waals surface area contributed by atoms with E-state index in [1.807, 2.05) is 0 Å². The van der Waals surface area contributed by atoms with E-state index in [1.165, 1.54) is 6.07 Å². The molecule has 0 fully saturated rings. The number of rotatable bonds is 5. The van der Waals surface area contributed by atoms with Gasteiger partial charge in [-0.2, -0.15) is 0 Å². The van der Waals surface area contributed by atoms with Crippen LogP contribution in [0, 0.1) is 6.92 Å². The van der Waals surface area contributed by atoms with Crippen LogP contribution in [0.25, 0.3) is 0 Å². The lowest BCUT2D eigenvalue weighted by Crippen LogP contribution is -2.32. The number of H-pyrrole nitrogens is 1. The van der Waals surface area contributed by atoms with E-state index in [1.54, 1.807) is 6.92 Å². The van der Waals surface area contributed by atoms with Gasteiger partial charge in [-0.15, -0.1) is 0 Å². The van der Waals surface area contributed by atoms with Gasteiger partial charge in [-0.1, -0.05) is 0 Å². The average Bonchev–Trinajstić information content (AvgIpc) is 2.65. The summed E-state index contributed by atoms with van der Waals surface area (Å²) in [6, 6.07) is 0.873. The predicted molar refractivity (Wildman–Crippen MR) is 65.0 cm³/mol. The number of anilines is 1. The molecule has 19 heavy (non-hydrogen) atoms. The number of aryl methyl sites for hydroxylation is 1. The predicted octanol–water partition coefficient (Wildman–Crippen LogP) is 0.238. The second-order valence-corrected chi connectivity index (χ2v) is 3.59. The zero-order chi connectivity index (χ0) is 14.4. The number of amides is 3. The summed E-state index contributed by atoms with van der Waals surface area (Å²) in [5.74, 6) is -1.18. The standard InChI is InChI=1S/C10H14N4O5/c1-5-4-6(7(13-5)8(15)16)14-10(18)12-2-3-19-9(11)17/h4,13H,2-3H2,1H3,(H2,11,17)(H,15,16)(H2,12,14,18). The third kappa shape index (κ3) is 4.58. The van der Waals surface area contributed by atoms with Crippen LogP contribution in [-0.4, -0.2) is 41.3 Å². The Balaban J connectivity index is 2.48. The molecule has 0 radical (unpaired) electrons. The third-order valence-electron chi connectivity index (χ3n) is 2.05. The van der Waals surface area contributed by atoms with Crippen molar-refractivity contribution in [3.05, 3.63) is 17.5 Å². The number of carbonyl (C=O) groups is 3. The minimum absolute atomic E-state index is 0.0561. The van der Waals surface area contributed by atoms with Gasteiger partial charge >= 0.3 is 18.1 Å². The largest absolute Gasteiger partial charge is 0.477 e. The summed E-state index contributed by atoms with van der Waals surface area (Å²) in [5.41, 5.74) is 5.37. The monoisotopic (exact) mass is 270 g/mol. The lowest BCUT2D eigenvalue weighted by Gasteiger charge is -2.06. The van der Waals surface area contributed by atoms with Crippen molar-refractivity contribution >= 4 is 23.8 Å². The summed E-state index contributed by atoms with van der Waals surface area (Å²) < 4.78 is 4.40. The maximum Gasteiger partial charge on any atom is 0.404 e. The highest BCUT2D eigenvalue weighted by Gasteiger charge is 2.14. The lowest BCUT2D eigenvalue weighted by atomic mass is 10.3. The van der Waals surface area contributed by atoms with Crippen LogP contribution in [0.15, 0.2) is 6.07 Å². The van der Waals surface area contributed by atoms with Gasteiger partial charge in [0, 0.05) is 5.69 Å². The number of aromatic carboxylic acids is 1. The maximum absolute atomic E-state index is 11.4. The Kier molecular flexibility index (Phi) is 4.75. The first-order chi connectivity index (χ1) is 8.90. The van der Waals surface area contributed by atoms with Gasteiger partial charge in [0.15, 0.2) is 0 Å². The zero-order valence-electron chi connectivity index (χ0n) is 10.1. The molecule has 0 saturated heterocycles. The molecule has 1 heterocycles. The van der Waals surface area contributed by atoms with Crippen molar-refractivity contribution < 1.29 is 24.2 Å². The van der Waals surface area contributed by atoms with Crippen molar-refractivity contribution in [2.75, 3.05) is 18.5 Å². The van der Waals surface area contributed by atoms with Crippen LogP contribution < -0.4 is 16.4 Å². The van der Waals surface area contributed by atoms with E-state index < -0.39 is 18.1 Å². The van der Waals surface area contributed by atoms with E-state index in [0.29, 0.717) is 5.69 Å². The number of carbonyl (C=O) groups excluding carboxylic acids is 2. The quantitative estimate of drug-likeness (QED) is 0.486. The Morgan fingerprint density at radius 1 is 1.47 bits per heavy atom. The number of primary amides is 1. The first kappa shape index (κ1) is 14.4. The van der Waals surface area contributed by atoms with Gasteiger partial charge in [-0.05, 0) is 13.0 Å². The molecule has 9 heteroatoms. The Hall–Kier alpha value is -2.71. The Morgan fingerprint density at radius 3 is 2.74 bits per heavy atom. The van der Waals surface area contributed by atoms with Crippen LogP contribution in [-0.2, 0) is 4.74 Å². The average molecular weight is 270 g/mol. The van der Waals surface area contributed by atoms with Gasteiger partial charge in [0.25, 0.3) is 0 Å². The first-order valence-electron chi connectivity index (χ1n) is 5.30. The number of nitrogens with two attached hydrogens (primary N) is 1. The summed E-state index contributed by atoms with van der Waals surface area (Å²) in [5, 5.41) is 13.6. The highest BCUT2D eigenvalue weighted by molar-refractivity contribution is 5.99. The van der Waals surface area contributed by atoms with Crippen LogP contribution in [0.4, 0.5) is 15.3 Å². The molecular weight excluding hydrogens is 256 g/mol. The molecule has 3 amide bonds. The summed E-state index contributed by atoms with van der Waals surface area (Å²) >= 11 is 0. The summed E-state index contributed by atoms with van der Waals surface area (Å²) in [6.45, 7) is 1.65. The lowest BCUT2D eigenvalue weighted by molar-refractivity contribution is 0.0692. The van der Waals surface area contributed by atoms with Crippen molar-refractivity contribution in [3.63, 3.8) is 0 Å². The molecule has 0 aliphatic carbocycles. The number of nitrogens with one attached hydrogen (secondary N) is 3. The number of hydrogen-bond donors (Lipinski definition) is 5. The van der Waals surface area contributed by atoms with Gasteiger partial charge in [0.05, 0.1) is 12.2 Å². The highest BCUT2D eigenvalue weighted by atomic mass is 16.5. The number of aromatic nitrogens is 1. The minimum Gasteiger partial charge on any atom is -0.477 e. The van der Waals surface area contributed by atoms with E-state index in [2.05, 4.69) is 20.4 Å². The van der Waals surface area contributed by atoms with Gasteiger partial charge in [0.2, 0.25) is 0 Å². The SMILES string of the molecule is Cc1cc(NC(=O)NCCOC(N)=O)c(C(=O)O)[nH]1. The summed E-state index contributed by atoms with van der Waals surface area (Å²) in [6.07, 6.45) is -0.934. The number of urea groups is 1. The molecule has 1 aromatic heterocycles. The van der Waals surface area contributed by atoms with Crippen molar-refractivity contribution in [3.8, 4) is 0 Å². The van der Waals surface area contributed by atoms with Crippen molar-refractivity contribution in [1.29, 1.82) is 0 Å². The minimum atomic E-state index is -1.18. The van der Waals surface area contributed by atoms with E-state index in [4.69, 9.17) is 10.8 Å². The summed E-state index contributed by atoms with van der Waals surface area (Å²) in [4.78, 5) is 35.2. The van der Waals surface area contributed by atoms with E-state index in [0.717, 1.165) is 0 Å². The number of ether oxygens (including phenoxy) is 1. The second kappa shape index (κ2) is 6.28. The van der Waals surface area contributed by atoms with E-state index in [-0.39, 0.29) is 24.5 Å². The fourth-order valence-corrected chi connectivity index (χ4v) is 1.34. The topological polar surface area (TPSA) is 147 Å². The molecule has 1 rings (SSSR count). The van der Waals surface area contributed by atoms with Crippen LogP contribution in [0.5, 0.6) is 0 Å². The number of carboxylic acids is 1. The number of aromatic amines is 1. The molecule has 6 N–H and O–H groups in total. The molecule has 0 unspecified atom stereocenters. The molecule has 104 valence electrons. The molecule has 9 nitrogen and oxygen atoms in total. The van der Waals surface area contributed by atoms with Gasteiger partial charge in [0.1, 0.15) is 12.3 Å². The fourth-order valence-electron chi connectivity index (χ4n) is 1.34. The molecule has 0 spiro atoms. The Morgan fingerprint density at radius 2 is 2.16 bits per heavy atom. The number of carboxylic acid groups (broad SMARTS) is 1. The van der Waals surface area contributed by atoms with E-state index >= 15 is 0 Å². The molecule has 0 saturated carbocycles.